The summed E-state index contributed by atoms with van der Waals surface area (Å²) in [6.45, 7) is 8.70. The summed E-state index contributed by atoms with van der Waals surface area (Å²) in [7, 11) is 0. The van der Waals surface area contributed by atoms with Gasteiger partial charge in [-0.3, -0.25) is 0 Å². The largest absolute Gasteiger partial charge is 0.346 e. The predicted molar refractivity (Wildman–Crippen MR) is 88.8 cm³/mol. The van der Waals surface area contributed by atoms with Crippen LogP contribution in [0.5, 0.6) is 0 Å². The van der Waals surface area contributed by atoms with Gasteiger partial charge in [0, 0.05) is 31.2 Å². The number of hydrogen-bond acceptors (Lipinski definition) is 1. The average molecular weight is 287 g/mol. The first-order valence-electron chi connectivity index (χ1n) is 7.85. The molecule has 2 amide bonds. The molecule has 1 N–H and O–H groups in total. The van der Waals surface area contributed by atoms with E-state index < -0.39 is 0 Å². The van der Waals surface area contributed by atoms with Gasteiger partial charge in [0.05, 0.1) is 11.2 Å². The van der Waals surface area contributed by atoms with E-state index >= 15 is 0 Å². The van der Waals surface area contributed by atoms with Crippen LogP contribution in [0.3, 0.4) is 0 Å². The highest BCUT2D eigenvalue weighted by Crippen LogP contribution is 2.26. The van der Waals surface area contributed by atoms with Crippen LogP contribution in [0.1, 0.15) is 33.6 Å². The van der Waals surface area contributed by atoms with Crippen LogP contribution in [0.2, 0.25) is 0 Å². The van der Waals surface area contributed by atoms with Crippen molar-refractivity contribution >= 4 is 22.6 Å². The molecule has 1 heterocycles. The topological polar surface area (TPSA) is 37.3 Å². The van der Waals surface area contributed by atoms with Crippen molar-refractivity contribution in [3.8, 4) is 0 Å². The first-order valence-corrected chi connectivity index (χ1v) is 7.85. The van der Waals surface area contributed by atoms with Crippen molar-refractivity contribution in [3.05, 3.63) is 30.5 Å². The van der Waals surface area contributed by atoms with Crippen LogP contribution in [-0.2, 0) is 6.54 Å². The molecule has 2 aromatic rings. The predicted octanol–water partition coefficient (Wildman–Crippen LogP) is 4.32. The Kier molecular flexibility index (Phi) is 5.26. The van der Waals surface area contributed by atoms with Crippen molar-refractivity contribution in [1.29, 1.82) is 0 Å². The van der Waals surface area contributed by atoms with Gasteiger partial charge in [-0.2, -0.15) is 0 Å². The fraction of sp³-hybridized carbons (Fsp3) is 0.471. The lowest BCUT2D eigenvalue weighted by Crippen LogP contribution is -2.35. The molecular formula is C17H25N3O. The number of benzene rings is 1. The summed E-state index contributed by atoms with van der Waals surface area (Å²) in [4.78, 5) is 14.3. The molecule has 0 aliphatic heterocycles. The van der Waals surface area contributed by atoms with Crippen LogP contribution < -0.4 is 5.32 Å². The van der Waals surface area contributed by atoms with Gasteiger partial charge in [-0.15, -0.1) is 0 Å². The van der Waals surface area contributed by atoms with E-state index in [1.54, 1.807) is 0 Å². The highest BCUT2D eigenvalue weighted by Gasteiger charge is 2.14. The Bertz CT molecular complexity index is 603. The molecule has 0 radical (unpaired) electrons. The number of carbonyl (C=O) groups excluding carboxylic acids is 1. The minimum absolute atomic E-state index is 0.00930. The normalized spacial score (nSPS) is 10.8. The van der Waals surface area contributed by atoms with E-state index in [0.717, 1.165) is 49.1 Å². The molecule has 0 aliphatic carbocycles. The Morgan fingerprint density at radius 1 is 1.24 bits per heavy atom. The lowest BCUT2D eigenvalue weighted by atomic mass is 10.2. The number of anilines is 1. The molecular weight excluding hydrogens is 262 g/mol. The van der Waals surface area contributed by atoms with E-state index in [4.69, 9.17) is 0 Å². The van der Waals surface area contributed by atoms with Crippen LogP contribution in [0.4, 0.5) is 10.5 Å². The summed E-state index contributed by atoms with van der Waals surface area (Å²) in [5.74, 6) is 0. The van der Waals surface area contributed by atoms with Crippen molar-refractivity contribution < 1.29 is 4.79 Å². The second-order valence-corrected chi connectivity index (χ2v) is 5.21. The molecule has 1 aromatic carbocycles. The summed E-state index contributed by atoms with van der Waals surface area (Å²) in [6.07, 6.45) is 4.16. The molecule has 4 heteroatoms. The maximum atomic E-state index is 12.4. The molecule has 0 unspecified atom stereocenters. The lowest BCUT2D eigenvalue weighted by Gasteiger charge is -2.20. The molecule has 0 saturated heterocycles. The number of fused-ring (bicyclic) bond motifs is 1. The second kappa shape index (κ2) is 7.16. The molecule has 0 spiro atoms. The molecule has 0 saturated carbocycles. The lowest BCUT2D eigenvalue weighted by molar-refractivity contribution is 0.213. The molecule has 1 aromatic heterocycles. The second-order valence-electron chi connectivity index (χ2n) is 5.21. The molecule has 114 valence electrons. The van der Waals surface area contributed by atoms with Crippen molar-refractivity contribution in [2.45, 2.75) is 40.2 Å². The van der Waals surface area contributed by atoms with Crippen LogP contribution in [-0.4, -0.2) is 28.6 Å². The smallest absolute Gasteiger partial charge is 0.321 e. The van der Waals surface area contributed by atoms with Crippen LogP contribution in [0.15, 0.2) is 30.5 Å². The Labute approximate surface area is 126 Å². The third-order valence-electron chi connectivity index (χ3n) is 3.82. The number of amides is 2. The van der Waals surface area contributed by atoms with Gasteiger partial charge in [0.15, 0.2) is 0 Å². The van der Waals surface area contributed by atoms with E-state index in [1.807, 2.05) is 30.2 Å². The van der Waals surface area contributed by atoms with Gasteiger partial charge >= 0.3 is 6.03 Å². The molecule has 4 nitrogen and oxygen atoms in total. The molecule has 0 fully saturated rings. The standard InChI is InChI=1S/C17H25N3O/c1-4-7-12-19(5-2)17(21)18-15-13-20(6-3)16-11-9-8-10-14(15)16/h8-11,13H,4-7,12H2,1-3H3,(H,18,21). The first kappa shape index (κ1) is 15.4. The van der Waals surface area contributed by atoms with Crippen LogP contribution in [0, 0.1) is 0 Å². The zero-order chi connectivity index (χ0) is 15.2. The number of nitrogens with zero attached hydrogens (tertiary/aromatic N) is 2. The molecule has 0 atom stereocenters. The number of aryl methyl sites for hydroxylation is 1. The third kappa shape index (κ3) is 3.38. The van der Waals surface area contributed by atoms with E-state index in [2.05, 4.69) is 35.9 Å². The Hall–Kier alpha value is -1.97. The SMILES string of the molecule is CCCCN(CC)C(=O)Nc1cn(CC)c2ccccc12. The summed E-state index contributed by atoms with van der Waals surface area (Å²) in [5, 5.41) is 4.16. The summed E-state index contributed by atoms with van der Waals surface area (Å²) >= 11 is 0. The molecule has 2 rings (SSSR count). The number of unbranched alkanes of at least 4 members (excludes halogenated alkanes) is 1. The van der Waals surface area contributed by atoms with Crippen LogP contribution >= 0.6 is 0 Å². The molecule has 0 bridgehead atoms. The number of para-hydroxylation sites is 1. The highest BCUT2D eigenvalue weighted by molar-refractivity contribution is 6.01. The summed E-state index contributed by atoms with van der Waals surface area (Å²) in [5.41, 5.74) is 2.05. The van der Waals surface area contributed by atoms with Crippen LogP contribution in [0.25, 0.3) is 10.9 Å². The van der Waals surface area contributed by atoms with Crippen molar-refractivity contribution in [3.63, 3.8) is 0 Å². The van der Waals surface area contributed by atoms with E-state index in [9.17, 15) is 4.79 Å². The minimum atomic E-state index is -0.00930. The quantitative estimate of drug-likeness (QED) is 0.844. The first-order chi connectivity index (χ1) is 10.2. The van der Waals surface area contributed by atoms with E-state index in [-0.39, 0.29) is 6.03 Å². The molecule has 21 heavy (non-hydrogen) atoms. The van der Waals surface area contributed by atoms with Gasteiger partial charge < -0.3 is 14.8 Å². The monoisotopic (exact) mass is 287 g/mol. The van der Waals surface area contributed by atoms with Gasteiger partial charge in [-0.05, 0) is 26.3 Å². The minimum Gasteiger partial charge on any atom is -0.346 e. The number of urea groups is 1. The van der Waals surface area contributed by atoms with Crippen molar-refractivity contribution in [2.75, 3.05) is 18.4 Å². The van der Waals surface area contributed by atoms with Crippen molar-refractivity contribution in [2.24, 2.45) is 0 Å². The maximum Gasteiger partial charge on any atom is 0.321 e. The Morgan fingerprint density at radius 3 is 2.67 bits per heavy atom. The number of hydrogen-bond donors (Lipinski definition) is 1. The van der Waals surface area contributed by atoms with E-state index in [1.165, 1.54) is 0 Å². The molecule has 0 aliphatic rings. The third-order valence-corrected chi connectivity index (χ3v) is 3.82. The Morgan fingerprint density at radius 2 is 2.00 bits per heavy atom. The van der Waals surface area contributed by atoms with Gasteiger partial charge in [0.2, 0.25) is 0 Å². The fourth-order valence-corrected chi connectivity index (χ4v) is 2.55. The zero-order valence-corrected chi connectivity index (χ0v) is 13.2. The van der Waals surface area contributed by atoms with Gasteiger partial charge in [0.1, 0.15) is 0 Å². The number of rotatable bonds is 6. The maximum absolute atomic E-state index is 12.4. The summed E-state index contributed by atoms with van der Waals surface area (Å²) < 4.78 is 2.16. The highest BCUT2D eigenvalue weighted by atomic mass is 16.2. The number of nitrogens with one attached hydrogen (secondary N) is 1. The van der Waals surface area contributed by atoms with Gasteiger partial charge in [0.25, 0.3) is 0 Å². The number of aromatic nitrogens is 1. The van der Waals surface area contributed by atoms with Gasteiger partial charge in [-0.1, -0.05) is 31.5 Å². The van der Waals surface area contributed by atoms with Gasteiger partial charge in [-0.25, -0.2) is 4.79 Å². The zero-order valence-electron chi connectivity index (χ0n) is 13.2. The van der Waals surface area contributed by atoms with Crippen molar-refractivity contribution in [1.82, 2.24) is 9.47 Å². The number of carbonyl (C=O) groups is 1. The van der Waals surface area contributed by atoms with E-state index in [0.29, 0.717) is 0 Å². The Balaban J connectivity index is 2.21. The fourth-order valence-electron chi connectivity index (χ4n) is 2.55. The summed E-state index contributed by atoms with van der Waals surface area (Å²) in [6, 6.07) is 8.17. The average Bonchev–Trinajstić information content (AvgIpc) is 2.86.